The van der Waals surface area contributed by atoms with Crippen LogP contribution in [0.15, 0.2) is 18.2 Å². The van der Waals surface area contributed by atoms with Gasteiger partial charge in [0.1, 0.15) is 0 Å². The molecule has 1 aromatic carbocycles. The zero-order valence-corrected chi connectivity index (χ0v) is 14.4. The summed E-state index contributed by atoms with van der Waals surface area (Å²) in [5.74, 6) is 0.0799. The smallest absolute Gasteiger partial charge is 0.238 e. The maximum atomic E-state index is 12.4. The van der Waals surface area contributed by atoms with Crippen molar-refractivity contribution in [1.29, 1.82) is 0 Å². The second-order valence-electron chi connectivity index (χ2n) is 6.01. The maximum Gasteiger partial charge on any atom is 0.238 e. The van der Waals surface area contributed by atoms with Crippen LogP contribution in [0, 0.1) is 13.8 Å². The van der Waals surface area contributed by atoms with Gasteiger partial charge >= 0.3 is 0 Å². The lowest BCUT2D eigenvalue weighted by molar-refractivity contribution is -0.118. The van der Waals surface area contributed by atoms with Crippen LogP contribution in [0.1, 0.15) is 36.8 Å². The Bertz CT molecular complexity index is 471. The monoisotopic (exact) mass is 325 g/mol. The van der Waals surface area contributed by atoms with E-state index in [1.54, 1.807) is 0 Å². The summed E-state index contributed by atoms with van der Waals surface area (Å²) in [5, 5.41) is 3.08. The first-order chi connectivity index (χ1) is 10.1. The minimum absolute atomic E-state index is 0. The highest BCUT2D eigenvalue weighted by Crippen LogP contribution is 2.21. The third-order valence-corrected chi connectivity index (χ3v) is 4.34. The number of benzene rings is 1. The highest BCUT2D eigenvalue weighted by molar-refractivity contribution is 5.93. The molecule has 3 N–H and O–H groups in total. The number of halogens is 1. The molecule has 1 aliphatic heterocycles. The maximum absolute atomic E-state index is 12.4. The summed E-state index contributed by atoms with van der Waals surface area (Å²) >= 11 is 0. The van der Waals surface area contributed by atoms with Crippen LogP contribution in [0.25, 0.3) is 0 Å². The Balaban J connectivity index is 0.00000242. The highest BCUT2D eigenvalue weighted by Gasteiger charge is 2.23. The first kappa shape index (κ1) is 18.9. The molecule has 1 atom stereocenters. The van der Waals surface area contributed by atoms with Crippen molar-refractivity contribution in [3.8, 4) is 0 Å². The van der Waals surface area contributed by atoms with E-state index in [0.717, 1.165) is 36.2 Å². The molecule has 0 saturated carbocycles. The van der Waals surface area contributed by atoms with E-state index >= 15 is 0 Å². The fourth-order valence-corrected chi connectivity index (χ4v) is 3.16. The number of aryl methyl sites for hydroxylation is 2. The SMILES string of the molecule is Cc1cccc(C)c1NC(=O)CN1CCCCC1CCN.Cl. The van der Waals surface area contributed by atoms with E-state index in [1.807, 2.05) is 32.0 Å². The first-order valence-corrected chi connectivity index (χ1v) is 7.92. The number of rotatable bonds is 5. The molecule has 0 radical (unpaired) electrons. The van der Waals surface area contributed by atoms with Crippen LogP contribution in [-0.4, -0.2) is 36.5 Å². The zero-order chi connectivity index (χ0) is 15.2. The van der Waals surface area contributed by atoms with Gasteiger partial charge in [0.2, 0.25) is 5.91 Å². The van der Waals surface area contributed by atoms with Crippen LogP contribution >= 0.6 is 12.4 Å². The Morgan fingerprint density at radius 1 is 1.32 bits per heavy atom. The van der Waals surface area contributed by atoms with Crippen LogP contribution in [0.2, 0.25) is 0 Å². The number of nitrogens with zero attached hydrogens (tertiary/aromatic N) is 1. The Morgan fingerprint density at radius 3 is 2.64 bits per heavy atom. The number of para-hydroxylation sites is 1. The predicted octanol–water partition coefficient (Wildman–Crippen LogP) is 2.87. The third-order valence-electron chi connectivity index (χ3n) is 4.34. The molecule has 0 bridgehead atoms. The summed E-state index contributed by atoms with van der Waals surface area (Å²) in [6.07, 6.45) is 4.57. The number of hydrogen-bond donors (Lipinski definition) is 2. The van der Waals surface area contributed by atoms with Gasteiger partial charge in [-0.25, -0.2) is 0 Å². The van der Waals surface area contributed by atoms with Gasteiger partial charge in [0.25, 0.3) is 0 Å². The van der Waals surface area contributed by atoms with Crippen molar-refractivity contribution >= 4 is 24.0 Å². The van der Waals surface area contributed by atoms with E-state index in [1.165, 1.54) is 12.8 Å². The number of anilines is 1. The average molecular weight is 326 g/mol. The number of carbonyl (C=O) groups excluding carboxylic acids is 1. The highest BCUT2D eigenvalue weighted by atomic mass is 35.5. The topological polar surface area (TPSA) is 58.4 Å². The number of nitrogens with one attached hydrogen (secondary N) is 1. The van der Waals surface area contributed by atoms with E-state index in [-0.39, 0.29) is 18.3 Å². The molecular weight excluding hydrogens is 298 g/mol. The first-order valence-electron chi connectivity index (χ1n) is 7.92. The van der Waals surface area contributed by atoms with Crippen LogP contribution < -0.4 is 11.1 Å². The lowest BCUT2D eigenvalue weighted by Crippen LogP contribution is -2.44. The van der Waals surface area contributed by atoms with Gasteiger partial charge in [0.15, 0.2) is 0 Å². The molecule has 1 unspecified atom stereocenters. The van der Waals surface area contributed by atoms with Crippen LogP contribution in [-0.2, 0) is 4.79 Å². The molecule has 1 fully saturated rings. The fraction of sp³-hybridized carbons (Fsp3) is 0.588. The lowest BCUT2D eigenvalue weighted by Gasteiger charge is -2.35. The van der Waals surface area contributed by atoms with Gasteiger partial charge in [0.05, 0.1) is 6.54 Å². The fourth-order valence-electron chi connectivity index (χ4n) is 3.16. The molecule has 22 heavy (non-hydrogen) atoms. The van der Waals surface area contributed by atoms with E-state index in [4.69, 9.17) is 5.73 Å². The van der Waals surface area contributed by atoms with Crippen LogP contribution in [0.3, 0.4) is 0 Å². The Kier molecular flexibility index (Phi) is 7.87. The minimum Gasteiger partial charge on any atom is -0.330 e. The standard InChI is InChI=1S/C17H27N3O.ClH/c1-13-6-5-7-14(2)17(13)19-16(21)12-20-11-4-3-8-15(20)9-10-18;/h5-7,15H,3-4,8-12,18H2,1-2H3,(H,19,21);1H. The van der Waals surface area contributed by atoms with Crippen molar-refractivity contribution in [2.75, 3.05) is 25.0 Å². The molecular formula is C17H28ClN3O. The summed E-state index contributed by atoms with van der Waals surface area (Å²) in [6, 6.07) is 6.54. The van der Waals surface area contributed by atoms with Crippen molar-refractivity contribution < 1.29 is 4.79 Å². The number of nitrogens with two attached hydrogens (primary N) is 1. The molecule has 2 rings (SSSR count). The summed E-state index contributed by atoms with van der Waals surface area (Å²) in [5.41, 5.74) is 8.87. The number of carbonyl (C=O) groups is 1. The number of piperidine rings is 1. The summed E-state index contributed by atoms with van der Waals surface area (Å²) in [7, 11) is 0. The zero-order valence-electron chi connectivity index (χ0n) is 13.6. The number of likely N-dealkylation sites (tertiary alicyclic amines) is 1. The Morgan fingerprint density at radius 2 is 2.00 bits per heavy atom. The van der Waals surface area contributed by atoms with Gasteiger partial charge in [-0.2, -0.15) is 0 Å². The van der Waals surface area contributed by atoms with E-state index in [9.17, 15) is 4.79 Å². The number of hydrogen-bond acceptors (Lipinski definition) is 3. The van der Waals surface area contributed by atoms with Gasteiger partial charge < -0.3 is 11.1 Å². The molecule has 124 valence electrons. The molecule has 1 saturated heterocycles. The summed E-state index contributed by atoms with van der Waals surface area (Å²) in [6.45, 7) is 6.23. The summed E-state index contributed by atoms with van der Waals surface area (Å²) in [4.78, 5) is 14.6. The molecule has 1 aromatic rings. The van der Waals surface area contributed by atoms with Gasteiger partial charge in [-0.3, -0.25) is 9.69 Å². The van der Waals surface area contributed by atoms with Crippen molar-refractivity contribution in [2.24, 2.45) is 5.73 Å². The third kappa shape index (κ3) is 4.97. The van der Waals surface area contributed by atoms with Crippen molar-refractivity contribution in [3.63, 3.8) is 0 Å². The summed E-state index contributed by atoms with van der Waals surface area (Å²) < 4.78 is 0. The van der Waals surface area contributed by atoms with Gasteiger partial charge in [-0.15, -0.1) is 12.4 Å². The molecule has 5 heteroatoms. The van der Waals surface area contributed by atoms with Gasteiger partial charge in [-0.05, 0) is 57.3 Å². The molecule has 0 aromatic heterocycles. The van der Waals surface area contributed by atoms with Crippen LogP contribution in [0.4, 0.5) is 5.69 Å². The lowest BCUT2D eigenvalue weighted by atomic mass is 9.99. The normalized spacial score (nSPS) is 18.6. The largest absolute Gasteiger partial charge is 0.330 e. The average Bonchev–Trinajstić information content (AvgIpc) is 2.45. The molecule has 1 amide bonds. The predicted molar refractivity (Wildman–Crippen MR) is 94.7 cm³/mol. The van der Waals surface area contributed by atoms with Crippen molar-refractivity contribution in [3.05, 3.63) is 29.3 Å². The quantitative estimate of drug-likeness (QED) is 0.875. The van der Waals surface area contributed by atoms with Gasteiger partial charge in [0, 0.05) is 11.7 Å². The Hall–Kier alpha value is -1.10. The van der Waals surface area contributed by atoms with E-state index < -0.39 is 0 Å². The Labute approximate surface area is 139 Å². The molecule has 1 aliphatic rings. The van der Waals surface area contributed by atoms with Crippen molar-refractivity contribution in [1.82, 2.24) is 4.90 Å². The van der Waals surface area contributed by atoms with Crippen molar-refractivity contribution in [2.45, 2.75) is 45.6 Å². The van der Waals surface area contributed by atoms with Crippen LogP contribution in [0.5, 0.6) is 0 Å². The molecule has 1 heterocycles. The number of amides is 1. The molecule has 4 nitrogen and oxygen atoms in total. The van der Waals surface area contributed by atoms with Gasteiger partial charge in [-0.1, -0.05) is 24.6 Å². The van der Waals surface area contributed by atoms with E-state index in [2.05, 4.69) is 10.2 Å². The second kappa shape index (κ2) is 9.13. The van der Waals surface area contributed by atoms with E-state index in [0.29, 0.717) is 19.1 Å². The minimum atomic E-state index is 0. The second-order valence-corrected chi connectivity index (χ2v) is 6.01. The molecule has 0 spiro atoms. The molecule has 0 aliphatic carbocycles.